The Hall–Kier alpha value is -3.32. The molecule has 1 aliphatic carbocycles. The molecule has 0 spiro atoms. The molecule has 262 valence electrons. The fourth-order valence-electron chi connectivity index (χ4n) is 6.90. The van der Waals surface area contributed by atoms with Crippen molar-refractivity contribution in [2.24, 2.45) is 11.8 Å². The van der Waals surface area contributed by atoms with Crippen molar-refractivity contribution >= 4 is 5.70 Å². The van der Waals surface area contributed by atoms with Crippen molar-refractivity contribution in [3.8, 4) is 0 Å². The summed E-state index contributed by atoms with van der Waals surface area (Å²) in [6, 6.07) is 30.6. The average Bonchev–Trinajstić information content (AvgIpc) is 3.14. The third kappa shape index (κ3) is 15.3. The molecule has 1 aliphatic rings. The number of nitrogens with zero attached hydrogens (tertiary/aromatic N) is 1. The Morgan fingerprint density at radius 1 is 0.812 bits per heavy atom. The van der Waals surface area contributed by atoms with Crippen LogP contribution in [0.15, 0.2) is 115 Å². The first-order valence-corrected chi connectivity index (χ1v) is 19.3. The van der Waals surface area contributed by atoms with E-state index in [0.717, 1.165) is 31.2 Å². The van der Waals surface area contributed by atoms with Gasteiger partial charge in [0.1, 0.15) is 0 Å². The van der Waals surface area contributed by atoms with Gasteiger partial charge in [0.15, 0.2) is 0 Å². The van der Waals surface area contributed by atoms with Crippen LogP contribution in [0, 0.1) is 11.8 Å². The van der Waals surface area contributed by atoms with Gasteiger partial charge in [0.05, 0.1) is 0 Å². The molecular weight excluding hydrogens is 579 g/mol. The lowest BCUT2D eigenvalue weighted by Crippen LogP contribution is -2.24. The second kappa shape index (κ2) is 24.8. The second-order valence-electron chi connectivity index (χ2n) is 13.7. The Morgan fingerprint density at radius 2 is 1.44 bits per heavy atom. The van der Waals surface area contributed by atoms with Gasteiger partial charge >= 0.3 is 0 Å². The van der Waals surface area contributed by atoms with Gasteiger partial charge in [0.2, 0.25) is 0 Å². The van der Waals surface area contributed by atoms with Crippen molar-refractivity contribution < 1.29 is 0 Å². The topological polar surface area (TPSA) is 3.24 Å². The van der Waals surface area contributed by atoms with Crippen LogP contribution in [0.4, 0.5) is 0 Å². The molecule has 0 bridgehead atoms. The van der Waals surface area contributed by atoms with Crippen LogP contribution < -0.4 is 0 Å². The van der Waals surface area contributed by atoms with Gasteiger partial charge in [-0.2, -0.15) is 0 Å². The van der Waals surface area contributed by atoms with Crippen LogP contribution >= 0.6 is 0 Å². The number of hydrogen-bond donors (Lipinski definition) is 0. The van der Waals surface area contributed by atoms with E-state index in [1.54, 1.807) is 0 Å². The second-order valence-corrected chi connectivity index (χ2v) is 13.7. The van der Waals surface area contributed by atoms with Crippen molar-refractivity contribution in [1.82, 2.24) is 4.90 Å². The molecule has 3 aromatic rings. The molecule has 1 fully saturated rings. The molecule has 1 saturated carbocycles. The van der Waals surface area contributed by atoms with E-state index < -0.39 is 0 Å². The van der Waals surface area contributed by atoms with Crippen LogP contribution in [0.1, 0.15) is 140 Å². The summed E-state index contributed by atoms with van der Waals surface area (Å²) < 4.78 is 0. The van der Waals surface area contributed by atoms with Crippen LogP contribution in [-0.4, -0.2) is 18.5 Å². The highest BCUT2D eigenvalue weighted by molar-refractivity contribution is 5.62. The lowest BCUT2D eigenvalue weighted by atomic mass is 9.84. The van der Waals surface area contributed by atoms with Crippen LogP contribution in [0.5, 0.6) is 0 Å². The molecule has 4 rings (SSSR count). The van der Waals surface area contributed by atoms with Crippen molar-refractivity contribution in [3.05, 3.63) is 138 Å². The van der Waals surface area contributed by atoms with E-state index in [4.69, 9.17) is 0 Å². The maximum atomic E-state index is 4.41. The van der Waals surface area contributed by atoms with Crippen LogP contribution in [-0.2, 0) is 6.42 Å². The van der Waals surface area contributed by atoms with E-state index in [0.29, 0.717) is 5.92 Å². The zero-order valence-electron chi connectivity index (χ0n) is 31.9. The SMILES string of the molecule is C/C=C\C(=C/C)CC.C=C(c1cccc(CC2CCCCC2)c1)N(C)CC(CC)CCCC.CCC(c1ccccc1)c1ccccc1. The minimum Gasteiger partial charge on any atom is -0.374 e. The molecule has 0 aliphatic heterocycles. The summed E-state index contributed by atoms with van der Waals surface area (Å²) in [6.45, 7) is 18.7. The van der Waals surface area contributed by atoms with Crippen molar-refractivity contribution in [2.75, 3.05) is 13.6 Å². The molecule has 0 amide bonds. The lowest BCUT2D eigenvalue weighted by molar-refractivity contribution is 0.337. The number of hydrogen-bond acceptors (Lipinski definition) is 1. The van der Waals surface area contributed by atoms with E-state index in [9.17, 15) is 0 Å². The van der Waals surface area contributed by atoms with Crippen LogP contribution in [0.3, 0.4) is 0 Å². The van der Waals surface area contributed by atoms with E-state index >= 15 is 0 Å². The Morgan fingerprint density at radius 3 is 1.92 bits per heavy atom. The standard InChI is InChI=1S/C24H39N.C15H16.C8H14/c1-5-7-12-21(6-2)19-25(4)20(3)24-16-11-15-23(18-24)17-22-13-9-8-10-14-22;1-2-15(13-9-5-3-6-10-13)14-11-7-4-8-12-14;1-4-7-8(5-2)6-3/h11,15-16,18,21-22H,3,5-10,12-14,17,19H2,1-2,4H3;3-12,15H,2H2,1H3;4-5,7H,6H2,1-3H3/b;;7-4-,8-5-. The van der Waals surface area contributed by atoms with Gasteiger partial charge in [-0.05, 0) is 79.7 Å². The number of allylic oxidation sites excluding steroid dienone is 4. The molecule has 1 unspecified atom stereocenters. The highest BCUT2D eigenvalue weighted by Crippen LogP contribution is 2.29. The molecule has 1 atom stereocenters. The van der Waals surface area contributed by atoms with Gasteiger partial charge in [0.25, 0.3) is 0 Å². The molecule has 0 aromatic heterocycles. The van der Waals surface area contributed by atoms with Gasteiger partial charge in [-0.3, -0.25) is 0 Å². The van der Waals surface area contributed by atoms with E-state index in [-0.39, 0.29) is 0 Å². The molecule has 1 heteroatoms. The average molecular weight is 648 g/mol. The first kappa shape index (κ1) is 40.9. The zero-order valence-corrected chi connectivity index (χ0v) is 31.9. The molecule has 0 heterocycles. The predicted octanol–water partition coefficient (Wildman–Crippen LogP) is 14.1. The van der Waals surface area contributed by atoms with Crippen LogP contribution in [0.2, 0.25) is 0 Å². The molecule has 0 saturated heterocycles. The Balaban J connectivity index is 0.000000292. The van der Waals surface area contributed by atoms with Crippen molar-refractivity contribution in [2.45, 2.75) is 125 Å². The Bertz CT molecular complexity index is 1250. The first-order valence-electron chi connectivity index (χ1n) is 19.3. The summed E-state index contributed by atoms with van der Waals surface area (Å²) in [4.78, 5) is 2.38. The summed E-state index contributed by atoms with van der Waals surface area (Å²) in [5.41, 5.74) is 8.21. The van der Waals surface area contributed by atoms with Gasteiger partial charge in [-0.15, -0.1) is 0 Å². The lowest BCUT2D eigenvalue weighted by Gasteiger charge is -2.27. The highest BCUT2D eigenvalue weighted by Gasteiger charge is 2.16. The van der Waals surface area contributed by atoms with E-state index in [1.807, 2.05) is 6.92 Å². The quantitative estimate of drug-likeness (QED) is 0.148. The normalized spacial score (nSPS) is 14.1. The summed E-state index contributed by atoms with van der Waals surface area (Å²) >= 11 is 0. The molecular formula is C47H69N. The van der Waals surface area contributed by atoms with Gasteiger partial charge in [-0.1, -0.05) is 188 Å². The maximum absolute atomic E-state index is 4.41. The summed E-state index contributed by atoms with van der Waals surface area (Å²) in [5, 5.41) is 0. The van der Waals surface area contributed by atoms with Crippen molar-refractivity contribution in [1.29, 1.82) is 0 Å². The monoisotopic (exact) mass is 648 g/mol. The molecule has 0 radical (unpaired) electrons. The predicted molar refractivity (Wildman–Crippen MR) is 216 cm³/mol. The zero-order chi connectivity index (χ0) is 35.0. The minimum atomic E-state index is 0.535. The molecule has 1 nitrogen and oxygen atoms in total. The van der Waals surface area contributed by atoms with Gasteiger partial charge in [0, 0.05) is 25.2 Å². The highest BCUT2D eigenvalue weighted by atomic mass is 15.1. The summed E-state index contributed by atoms with van der Waals surface area (Å²) in [7, 11) is 2.21. The summed E-state index contributed by atoms with van der Waals surface area (Å²) in [5.74, 6) is 2.22. The van der Waals surface area contributed by atoms with Gasteiger partial charge < -0.3 is 4.90 Å². The number of benzene rings is 3. The number of rotatable bonds is 15. The van der Waals surface area contributed by atoms with E-state index in [2.05, 4.69) is 156 Å². The van der Waals surface area contributed by atoms with Crippen LogP contribution in [0.25, 0.3) is 5.70 Å². The third-order valence-corrected chi connectivity index (χ3v) is 10.0. The fourth-order valence-corrected chi connectivity index (χ4v) is 6.90. The fraction of sp³-hybridized carbons (Fsp3) is 0.489. The smallest absolute Gasteiger partial charge is 0.0364 e. The Labute approximate surface area is 297 Å². The Kier molecular flexibility index (Phi) is 21.1. The molecule has 3 aromatic carbocycles. The van der Waals surface area contributed by atoms with E-state index in [1.165, 1.54) is 97.7 Å². The molecule has 0 N–H and O–H groups in total. The molecule has 48 heavy (non-hydrogen) atoms. The number of unbranched alkanes of at least 4 members (excludes halogenated alkanes) is 1. The third-order valence-electron chi connectivity index (χ3n) is 10.0. The minimum absolute atomic E-state index is 0.535. The van der Waals surface area contributed by atoms with Crippen molar-refractivity contribution in [3.63, 3.8) is 0 Å². The summed E-state index contributed by atoms with van der Waals surface area (Å²) in [6.07, 6.45) is 22.3. The first-order chi connectivity index (χ1) is 23.4. The largest absolute Gasteiger partial charge is 0.374 e. The van der Waals surface area contributed by atoms with Gasteiger partial charge in [-0.25, -0.2) is 0 Å². The maximum Gasteiger partial charge on any atom is 0.0364 e.